The van der Waals surface area contributed by atoms with Gasteiger partial charge in [-0.25, -0.2) is 9.78 Å². The van der Waals surface area contributed by atoms with Crippen LogP contribution in [0.5, 0.6) is 0 Å². The summed E-state index contributed by atoms with van der Waals surface area (Å²) in [5, 5.41) is 12.2. The number of nitrogens with zero attached hydrogens (tertiary/aromatic N) is 1. The van der Waals surface area contributed by atoms with Gasteiger partial charge in [0.05, 0.1) is 11.9 Å². The van der Waals surface area contributed by atoms with E-state index >= 15 is 0 Å². The molecule has 0 amide bonds. The molecule has 5 nitrogen and oxygen atoms in total. The molecule has 0 aliphatic heterocycles. The standard InChI is InChI=1S/C16H27N3O2/c1-2-3-4-5-6-7-8-9-10-18-15-14(16(20)21)11-13(17)12-19-15/h11-12H,2-10,17H2,1H3,(H,18,19)(H,20,21). The number of nitrogen functional groups attached to an aromatic ring is 1. The number of hydrogen-bond acceptors (Lipinski definition) is 4. The van der Waals surface area contributed by atoms with Gasteiger partial charge in [0, 0.05) is 6.54 Å². The normalized spacial score (nSPS) is 10.5. The van der Waals surface area contributed by atoms with Crippen LogP contribution in [0.1, 0.15) is 68.6 Å². The molecule has 0 saturated carbocycles. The first-order valence-corrected chi connectivity index (χ1v) is 7.87. The maximum absolute atomic E-state index is 11.1. The molecule has 21 heavy (non-hydrogen) atoms. The number of aromatic carboxylic acids is 1. The average Bonchev–Trinajstić information content (AvgIpc) is 2.46. The monoisotopic (exact) mass is 293 g/mol. The van der Waals surface area contributed by atoms with E-state index in [-0.39, 0.29) is 5.56 Å². The molecule has 118 valence electrons. The number of carboxylic acids is 1. The van der Waals surface area contributed by atoms with Crippen molar-refractivity contribution in [2.45, 2.75) is 58.3 Å². The van der Waals surface area contributed by atoms with Gasteiger partial charge in [0.2, 0.25) is 0 Å². The Hall–Kier alpha value is -1.78. The second kappa shape index (κ2) is 10.0. The molecule has 5 heteroatoms. The predicted molar refractivity (Wildman–Crippen MR) is 86.7 cm³/mol. The van der Waals surface area contributed by atoms with Gasteiger partial charge in [-0.05, 0) is 12.5 Å². The summed E-state index contributed by atoms with van der Waals surface area (Å²) in [6, 6.07) is 1.44. The van der Waals surface area contributed by atoms with E-state index in [4.69, 9.17) is 10.8 Å². The Morgan fingerprint density at radius 2 is 1.81 bits per heavy atom. The van der Waals surface area contributed by atoms with Crippen LogP contribution in [0.25, 0.3) is 0 Å². The number of nitrogens with one attached hydrogen (secondary N) is 1. The van der Waals surface area contributed by atoms with E-state index in [9.17, 15) is 4.79 Å². The van der Waals surface area contributed by atoms with Crippen molar-refractivity contribution >= 4 is 17.5 Å². The fourth-order valence-electron chi connectivity index (χ4n) is 2.25. The Balaban J connectivity index is 2.20. The molecule has 1 heterocycles. The molecular formula is C16H27N3O2. The molecule has 0 fully saturated rings. The molecule has 1 rings (SSSR count). The lowest BCUT2D eigenvalue weighted by Gasteiger charge is -2.09. The Morgan fingerprint density at radius 3 is 2.43 bits per heavy atom. The molecule has 0 bridgehead atoms. The minimum Gasteiger partial charge on any atom is -0.478 e. The van der Waals surface area contributed by atoms with Crippen molar-refractivity contribution < 1.29 is 9.90 Å². The van der Waals surface area contributed by atoms with Crippen molar-refractivity contribution in [1.82, 2.24) is 4.98 Å². The zero-order valence-corrected chi connectivity index (χ0v) is 12.9. The SMILES string of the molecule is CCCCCCCCCCNc1ncc(N)cc1C(=O)O. The second-order valence-electron chi connectivity index (χ2n) is 5.37. The van der Waals surface area contributed by atoms with Crippen molar-refractivity contribution in [3.05, 3.63) is 17.8 Å². The third-order valence-electron chi connectivity index (χ3n) is 3.46. The molecule has 1 aromatic heterocycles. The number of carboxylic acid groups (broad SMARTS) is 1. The van der Waals surface area contributed by atoms with Crippen molar-refractivity contribution in [1.29, 1.82) is 0 Å². The predicted octanol–water partition coefficient (Wildman–Crippen LogP) is 3.91. The number of nitrogens with two attached hydrogens (primary N) is 1. The number of pyridine rings is 1. The fraction of sp³-hybridized carbons (Fsp3) is 0.625. The molecule has 0 saturated heterocycles. The zero-order chi connectivity index (χ0) is 15.5. The first-order valence-electron chi connectivity index (χ1n) is 7.87. The lowest BCUT2D eigenvalue weighted by atomic mass is 10.1. The van der Waals surface area contributed by atoms with Crippen LogP contribution in [0.3, 0.4) is 0 Å². The number of carbonyl (C=O) groups is 1. The van der Waals surface area contributed by atoms with Gasteiger partial charge < -0.3 is 16.2 Å². The van der Waals surface area contributed by atoms with Crippen molar-refractivity contribution in [3.8, 4) is 0 Å². The second-order valence-corrected chi connectivity index (χ2v) is 5.37. The molecule has 1 aromatic rings. The summed E-state index contributed by atoms with van der Waals surface area (Å²) in [5.41, 5.74) is 6.06. The molecular weight excluding hydrogens is 266 g/mol. The molecule has 0 radical (unpaired) electrons. The van der Waals surface area contributed by atoms with E-state index in [0.717, 1.165) is 19.4 Å². The number of aromatic nitrogens is 1. The summed E-state index contributed by atoms with van der Waals surface area (Å²) < 4.78 is 0. The van der Waals surface area contributed by atoms with Crippen molar-refractivity contribution in [2.24, 2.45) is 0 Å². The maximum atomic E-state index is 11.1. The van der Waals surface area contributed by atoms with Crippen LogP contribution < -0.4 is 11.1 Å². The lowest BCUT2D eigenvalue weighted by Crippen LogP contribution is -2.10. The van der Waals surface area contributed by atoms with Gasteiger partial charge in [0.1, 0.15) is 11.4 Å². The summed E-state index contributed by atoms with van der Waals surface area (Å²) in [6.45, 7) is 2.97. The summed E-state index contributed by atoms with van der Waals surface area (Å²) >= 11 is 0. The van der Waals surface area contributed by atoms with E-state index in [2.05, 4.69) is 17.2 Å². The van der Waals surface area contributed by atoms with E-state index in [1.807, 2.05) is 0 Å². The van der Waals surface area contributed by atoms with Gasteiger partial charge in [-0.1, -0.05) is 51.9 Å². The number of rotatable bonds is 11. The summed E-state index contributed by atoms with van der Waals surface area (Å²) in [7, 11) is 0. The van der Waals surface area contributed by atoms with Gasteiger partial charge in [-0.3, -0.25) is 0 Å². The number of hydrogen-bond donors (Lipinski definition) is 3. The highest BCUT2D eigenvalue weighted by Gasteiger charge is 2.11. The molecule has 0 unspecified atom stereocenters. The lowest BCUT2D eigenvalue weighted by molar-refractivity contribution is 0.0697. The molecule has 4 N–H and O–H groups in total. The molecule has 0 aliphatic rings. The number of unbranched alkanes of at least 4 members (excludes halogenated alkanes) is 7. The highest BCUT2D eigenvalue weighted by molar-refractivity contribution is 5.94. The van der Waals surface area contributed by atoms with Crippen LogP contribution in [-0.2, 0) is 0 Å². The summed E-state index contributed by atoms with van der Waals surface area (Å²) in [6.07, 6.45) is 11.5. The third-order valence-corrected chi connectivity index (χ3v) is 3.46. The van der Waals surface area contributed by atoms with Crippen LogP contribution in [0.15, 0.2) is 12.3 Å². The summed E-state index contributed by atoms with van der Waals surface area (Å²) in [5.74, 6) is -0.604. The Labute approximate surface area is 127 Å². The van der Waals surface area contributed by atoms with E-state index in [1.165, 1.54) is 50.8 Å². The Morgan fingerprint density at radius 1 is 1.19 bits per heavy atom. The van der Waals surface area contributed by atoms with Crippen LogP contribution in [0, 0.1) is 0 Å². The highest BCUT2D eigenvalue weighted by Crippen LogP contribution is 2.16. The quantitative estimate of drug-likeness (QED) is 0.538. The van der Waals surface area contributed by atoms with Crippen molar-refractivity contribution in [3.63, 3.8) is 0 Å². The van der Waals surface area contributed by atoms with Gasteiger partial charge >= 0.3 is 5.97 Å². The van der Waals surface area contributed by atoms with E-state index < -0.39 is 5.97 Å². The van der Waals surface area contributed by atoms with Crippen LogP contribution in [0.2, 0.25) is 0 Å². The van der Waals surface area contributed by atoms with Gasteiger partial charge in [-0.15, -0.1) is 0 Å². The fourth-order valence-corrected chi connectivity index (χ4v) is 2.25. The van der Waals surface area contributed by atoms with E-state index in [0.29, 0.717) is 11.5 Å². The summed E-state index contributed by atoms with van der Waals surface area (Å²) in [4.78, 5) is 15.1. The zero-order valence-electron chi connectivity index (χ0n) is 12.9. The van der Waals surface area contributed by atoms with Gasteiger partial charge in [0.25, 0.3) is 0 Å². The molecule has 0 aromatic carbocycles. The first kappa shape index (κ1) is 17.3. The minimum absolute atomic E-state index is 0.134. The van der Waals surface area contributed by atoms with Crippen molar-refractivity contribution in [2.75, 3.05) is 17.6 Å². The first-order chi connectivity index (χ1) is 10.1. The topological polar surface area (TPSA) is 88.2 Å². The highest BCUT2D eigenvalue weighted by atomic mass is 16.4. The molecule has 0 aliphatic carbocycles. The largest absolute Gasteiger partial charge is 0.478 e. The van der Waals surface area contributed by atoms with E-state index in [1.54, 1.807) is 0 Å². The van der Waals surface area contributed by atoms with Gasteiger partial charge in [0.15, 0.2) is 0 Å². The van der Waals surface area contributed by atoms with Crippen LogP contribution in [-0.4, -0.2) is 22.6 Å². The average molecular weight is 293 g/mol. The smallest absolute Gasteiger partial charge is 0.339 e. The molecule has 0 spiro atoms. The molecule has 0 atom stereocenters. The van der Waals surface area contributed by atoms with Crippen LogP contribution >= 0.6 is 0 Å². The minimum atomic E-state index is -1.01. The Bertz CT molecular complexity index is 436. The third kappa shape index (κ3) is 6.97. The Kier molecular flexibility index (Phi) is 8.24. The van der Waals surface area contributed by atoms with Gasteiger partial charge in [-0.2, -0.15) is 0 Å². The van der Waals surface area contributed by atoms with Crippen LogP contribution in [0.4, 0.5) is 11.5 Å². The number of anilines is 2. The maximum Gasteiger partial charge on any atom is 0.339 e.